The zero-order valence-electron chi connectivity index (χ0n) is 17.6. The normalized spacial score (nSPS) is 20.3. The number of benzene rings is 1. The third-order valence-corrected chi connectivity index (χ3v) is 5.89. The predicted molar refractivity (Wildman–Crippen MR) is 114 cm³/mol. The number of nitrogens with zero attached hydrogens (tertiary/aromatic N) is 3. The Morgan fingerprint density at radius 2 is 2.06 bits per heavy atom. The van der Waals surface area contributed by atoms with Crippen molar-refractivity contribution in [3.63, 3.8) is 0 Å². The SMILES string of the molecule is CNC1CCN(c2c(F)cc3c(=O)c(C(=O)O)cn(C4CC4)c3c2OC)C/C1=N/OC. The molecule has 1 aromatic carbocycles. The molecule has 1 aromatic heterocycles. The number of oxime groups is 1. The molecule has 2 heterocycles. The summed E-state index contributed by atoms with van der Waals surface area (Å²) in [5.41, 5.74) is 0.262. The van der Waals surface area contributed by atoms with Gasteiger partial charge in [-0.3, -0.25) is 4.79 Å². The first-order valence-electron chi connectivity index (χ1n) is 10.1. The van der Waals surface area contributed by atoms with E-state index in [2.05, 4.69) is 10.5 Å². The number of piperidine rings is 1. The van der Waals surface area contributed by atoms with Gasteiger partial charge >= 0.3 is 5.97 Å². The molecule has 31 heavy (non-hydrogen) atoms. The second-order valence-corrected chi connectivity index (χ2v) is 7.77. The maximum absolute atomic E-state index is 15.4. The highest BCUT2D eigenvalue weighted by Gasteiger charge is 2.33. The minimum atomic E-state index is -1.33. The molecular weight excluding hydrogens is 407 g/mol. The summed E-state index contributed by atoms with van der Waals surface area (Å²) in [7, 11) is 4.72. The molecule has 9 nitrogen and oxygen atoms in total. The van der Waals surface area contributed by atoms with Gasteiger partial charge in [-0.1, -0.05) is 5.16 Å². The van der Waals surface area contributed by atoms with Crippen LogP contribution >= 0.6 is 0 Å². The van der Waals surface area contributed by atoms with Crippen molar-refractivity contribution in [2.75, 3.05) is 39.3 Å². The number of carboxylic acid groups (broad SMARTS) is 1. The molecular formula is C21H25FN4O5. The van der Waals surface area contributed by atoms with E-state index >= 15 is 4.39 Å². The van der Waals surface area contributed by atoms with Gasteiger partial charge < -0.3 is 29.5 Å². The number of carbonyl (C=O) groups is 1. The lowest BCUT2D eigenvalue weighted by Gasteiger charge is -2.35. The van der Waals surface area contributed by atoms with E-state index in [0.717, 1.165) is 24.6 Å². The molecule has 2 aliphatic rings. The van der Waals surface area contributed by atoms with Gasteiger partial charge in [0.1, 0.15) is 18.4 Å². The number of rotatable bonds is 6. The number of halogens is 1. The Hall–Kier alpha value is -3.14. The zero-order chi connectivity index (χ0) is 22.3. The minimum absolute atomic E-state index is 0.000734. The quantitative estimate of drug-likeness (QED) is 0.673. The highest BCUT2D eigenvalue weighted by Crippen LogP contribution is 2.44. The van der Waals surface area contributed by atoms with Crippen LogP contribution in [0, 0.1) is 5.82 Å². The van der Waals surface area contributed by atoms with Crippen LogP contribution in [0.15, 0.2) is 22.2 Å². The average molecular weight is 432 g/mol. The molecule has 1 unspecified atom stereocenters. The number of pyridine rings is 1. The fraction of sp³-hybridized carbons (Fsp3) is 0.476. The molecule has 0 amide bonds. The molecule has 2 N–H and O–H groups in total. The lowest BCUT2D eigenvalue weighted by Crippen LogP contribution is -2.49. The van der Waals surface area contributed by atoms with Crippen LogP contribution in [-0.4, -0.2) is 61.8 Å². The van der Waals surface area contributed by atoms with Gasteiger partial charge in [0.25, 0.3) is 0 Å². The maximum atomic E-state index is 15.4. The summed E-state index contributed by atoms with van der Waals surface area (Å²) in [6.45, 7) is 0.854. The van der Waals surface area contributed by atoms with Gasteiger partial charge in [-0.05, 0) is 32.4 Å². The molecule has 2 aromatic rings. The van der Waals surface area contributed by atoms with Crippen molar-refractivity contribution >= 4 is 28.3 Å². The first kappa shape index (κ1) is 21.1. The standard InChI is InChI=1S/C21H25FN4O5/c1-23-15-6-7-25(10-16(15)24-31-3)18-14(22)8-12-17(20(18)30-2)26(11-4-5-11)9-13(19(12)27)21(28)29/h8-9,11,15,23H,4-7,10H2,1-3H3,(H,28,29)/b24-16-. The Balaban J connectivity index is 1.93. The van der Waals surface area contributed by atoms with E-state index in [9.17, 15) is 14.7 Å². The predicted octanol–water partition coefficient (Wildman–Crippen LogP) is 1.98. The topological polar surface area (TPSA) is 105 Å². The van der Waals surface area contributed by atoms with Crippen molar-refractivity contribution in [3.05, 3.63) is 33.9 Å². The van der Waals surface area contributed by atoms with Crippen LogP contribution in [0.3, 0.4) is 0 Å². The molecule has 0 bridgehead atoms. The molecule has 1 saturated carbocycles. The van der Waals surface area contributed by atoms with E-state index in [0.29, 0.717) is 25.0 Å². The third-order valence-electron chi connectivity index (χ3n) is 5.89. The Labute approximate surface area is 178 Å². The highest BCUT2D eigenvalue weighted by atomic mass is 19.1. The van der Waals surface area contributed by atoms with Crippen LogP contribution in [-0.2, 0) is 4.84 Å². The van der Waals surface area contributed by atoms with E-state index in [1.54, 1.807) is 4.57 Å². The van der Waals surface area contributed by atoms with Crippen LogP contribution < -0.4 is 20.4 Å². The molecule has 10 heteroatoms. The molecule has 1 aliphatic carbocycles. The lowest BCUT2D eigenvalue weighted by atomic mass is 10.0. The van der Waals surface area contributed by atoms with Crippen molar-refractivity contribution in [2.45, 2.75) is 31.3 Å². The van der Waals surface area contributed by atoms with Gasteiger partial charge in [-0.2, -0.15) is 0 Å². The van der Waals surface area contributed by atoms with Gasteiger partial charge in [0.15, 0.2) is 11.6 Å². The maximum Gasteiger partial charge on any atom is 0.341 e. The molecule has 1 aliphatic heterocycles. The average Bonchev–Trinajstić information content (AvgIpc) is 3.58. The molecule has 166 valence electrons. The molecule has 4 rings (SSSR count). The number of fused-ring (bicyclic) bond motifs is 1. The zero-order valence-corrected chi connectivity index (χ0v) is 17.6. The number of carboxylic acids is 1. The van der Waals surface area contributed by atoms with E-state index < -0.39 is 17.2 Å². The minimum Gasteiger partial charge on any atom is -0.492 e. The van der Waals surface area contributed by atoms with Crippen molar-refractivity contribution in [3.8, 4) is 5.75 Å². The van der Waals surface area contributed by atoms with Gasteiger partial charge in [0.05, 0.1) is 36.3 Å². The second kappa shape index (κ2) is 8.18. The van der Waals surface area contributed by atoms with Gasteiger partial charge in [0, 0.05) is 18.8 Å². The largest absolute Gasteiger partial charge is 0.492 e. The smallest absolute Gasteiger partial charge is 0.341 e. The van der Waals surface area contributed by atoms with Crippen molar-refractivity contribution in [1.29, 1.82) is 0 Å². The summed E-state index contributed by atoms with van der Waals surface area (Å²) >= 11 is 0. The molecule has 0 radical (unpaired) electrons. The molecule has 2 fully saturated rings. The number of aromatic nitrogens is 1. The van der Waals surface area contributed by atoms with E-state index in [4.69, 9.17) is 9.57 Å². The number of hydrogen-bond acceptors (Lipinski definition) is 7. The van der Waals surface area contributed by atoms with Crippen LogP contribution in [0.5, 0.6) is 5.75 Å². The van der Waals surface area contributed by atoms with E-state index in [1.807, 2.05) is 11.9 Å². The number of hydrogen-bond donors (Lipinski definition) is 2. The number of methoxy groups -OCH3 is 1. The van der Waals surface area contributed by atoms with Crippen molar-refractivity contribution < 1.29 is 23.9 Å². The Kier molecular flexibility index (Phi) is 5.57. The molecule has 0 spiro atoms. The van der Waals surface area contributed by atoms with Crippen molar-refractivity contribution in [2.24, 2.45) is 5.16 Å². The van der Waals surface area contributed by atoms with E-state index in [-0.39, 0.29) is 34.5 Å². The van der Waals surface area contributed by atoms with Crippen LogP contribution in [0.1, 0.15) is 35.7 Å². The molecule has 1 saturated heterocycles. The first-order chi connectivity index (χ1) is 14.9. The van der Waals surface area contributed by atoms with Gasteiger partial charge in [0.2, 0.25) is 5.43 Å². The summed E-state index contributed by atoms with van der Waals surface area (Å²) in [5, 5.41) is 16.7. The summed E-state index contributed by atoms with van der Waals surface area (Å²) in [4.78, 5) is 31.2. The molecule has 1 atom stereocenters. The van der Waals surface area contributed by atoms with Crippen LogP contribution in [0.4, 0.5) is 10.1 Å². The third kappa shape index (κ3) is 3.60. The number of ether oxygens (including phenoxy) is 1. The Morgan fingerprint density at radius 1 is 1.32 bits per heavy atom. The highest BCUT2D eigenvalue weighted by molar-refractivity contribution is 5.99. The summed E-state index contributed by atoms with van der Waals surface area (Å²) in [5.74, 6) is -1.76. The monoisotopic (exact) mass is 432 g/mol. The van der Waals surface area contributed by atoms with Crippen LogP contribution in [0.2, 0.25) is 0 Å². The Morgan fingerprint density at radius 3 is 2.65 bits per heavy atom. The van der Waals surface area contributed by atoms with Crippen LogP contribution in [0.25, 0.3) is 10.9 Å². The number of aromatic carboxylic acids is 1. The summed E-state index contributed by atoms with van der Waals surface area (Å²) in [6.07, 6.45) is 3.73. The van der Waals surface area contributed by atoms with E-state index in [1.165, 1.54) is 20.4 Å². The number of anilines is 1. The fourth-order valence-electron chi connectivity index (χ4n) is 4.27. The fourth-order valence-corrected chi connectivity index (χ4v) is 4.27. The first-order valence-corrected chi connectivity index (χ1v) is 10.1. The second-order valence-electron chi connectivity index (χ2n) is 7.77. The summed E-state index contributed by atoms with van der Waals surface area (Å²) < 4.78 is 22.8. The van der Waals surface area contributed by atoms with Gasteiger partial charge in [-0.15, -0.1) is 0 Å². The lowest BCUT2D eigenvalue weighted by molar-refractivity contribution is 0.0695. The van der Waals surface area contributed by atoms with Gasteiger partial charge in [-0.25, -0.2) is 9.18 Å². The Bertz CT molecular complexity index is 1130. The number of nitrogens with one attached hydrogen (secondary N) is 1. The summed E-state index contributed by atoms with van der Waals surface area (Å²) in [6, 6.07) is 1.18. The van der Waals surface area contributed by atoms with Crippen molar-refractivity contribution in [1.82, 2.24) is 9.88 Å².